The summed E-state index contributed by atoms with van der Waals surface area (Å²) in [4.78, 5) is 63.9. The highest BCUT2D eigenvalue weighted by atomic mass is 16.5. The number of anilines is 1. The Balaban J connectivity index is 1.21. The largest absolute Gasteiger partial charge is 0.466 e. The highest BCUT2D eigenvalue weighted by molar-refractivity contribution is 5.97. The van der Waals surface area contributed by atoms with Crippen molar-refractivity contribution in [2.75, 3.05) is 19.0 Å². The number of esters is 1. The van der Waals surface area contributed by atoms with E-state index in [0.717, 1.165) is 18.4 Å². The molecule has 1 aromatic rings. The minimum Gasteiger partial charge on any atom is -0.466 e. The third-order valence-electron chi connectivity index (χ3n) is 9.52. The summed E-state index contributed by atoms with van der Waals surface area (Å²) in [6.07, 6.45) is 11.7. The average Bonchev–Trinajstić information content (AvgIpc) is 3.40. The van der Waals surface area contributed by atoms with Gasteiger partial charge in [-0.25, -0.2) is 4.79 Å². The number of allylic oxidation sites excluding steroid dienone is 1. The van der Waals surface area contributed by atoms with E-state index in [1.165, 1.54) is 62.1 Å². The van der Waals surface area contributed by atoms with E-state index in [2.05, 4.69) is 26.0 Å². The highest BCUT2D eigenvalue weighted by Gasteiger charge is 2.48. The van der Waals surface area contributed by atoms with Crippen LogP contribution in [-0.2, 0) is 30.5 Å². The molecule has 0 aromatic carbocycles. The number of aromatic nitrogens is 1. The summed E-state index contributed by atoms with van der Waals surface area (Å²) in [6.45, 7) is 2.64. The first-order chi connectivity index (χ1) is 20.2. The van der Waals surface area contributed by atoms with E-state index in [-0.39, 0.29) is 36.5 Å². The van der Waals surface area contributed by atoms with Gasteiger partial charge in [0.2, 0.25) is 17.7 Å². The summed E-state index contributed by atoms with van der Waals surface area (Å²) < 4.78 is 5.90. The van der Waals surface area contributed by atoms with Crippen LogP contribution in [0.2, 0.25) is 0 Å². The maximum absolute atomic E-state index is 13.3. The Morgan fingerprint density at radius 1 is 1.10 bits per heavy atom. The fraction of sp³-hybridized carbons (Fsp3) is 0.645. The van der Waals surface area contributed by atoms with Crippen LogP contribution in [0, 0.1) is 29.6 Å². The maximum Gasteiger partial charge on any atom is 0.330 e. The Morgan fingerprint density at radius 3 is 2.45 bits per heavy atom. The topological polar surface area (TPSA) is 148 Å². The molecule has 11 nitrogen and oxygen atoms in total. The molecule has 3 amide bonds. The number of rotatable bonds is 11. The molecule has 42 heavy (non-hydrogen) atoms. The van der Waals surface area contributed by atoms with Crippen LogP contribution in [-0.4, -0.2) is 60.0 Å². The van der Waals surface area contributed by atoms with E-state index in [4.69, 9.17) is 0 Å². The zero-order valence-corrected chi connectivity index (χ0v) is 24.5. The molecule has 4 aliphatic carbocycles. The lowest BCUT2D eigenvalue weighted by atomic mass is 9.54. The number of pyridine rings is 1. The van der Waals surface area contributed by atoms with Gasteiger partial charge in [-0.3, -0.25) is 19.2 Å². The average molecular weight is 582 g/mol. The first kappa shape index (κ1) is 30.0. The van der Waals surface area contributed by atoms with Crippen LogP contribution >= 0.6 is 0 Å². The quantitative estimate of drug-likeness (QED) is 0.230. The molecule has 1 aromatic heterocycles. The monoisotopic (exact) mass is 581 g/mol. The maximum atomic E-state index is 13.3. The second-order valence-corrected chi connectivity index (χ2v) is 12.7. The van der Waals surface area contributed by atoms with Crippen LogP contribution in [0.25, 0.3) is 0 Å². The molecule has 4 bridgehead atoms. The second kappa shape index (κ2) is 13.2. The normalized spacial score (nSPS) is 30.2. The van der Waals surface area contributed by atoms with Crippen molar-refractivity contribution in [3.63, 3.8) is 0 Å². The fourth-order valence-corrected chi connectivity index (χ4v) is 7.69. The molecule has 4 N–H and O–H groups in total. The predicted molar refractivity (Wildman–Crippen MR) is 156 cm³/mol. The molecule has 2 heterocycles. The van der Waals surface area contributed by atoms with Gasteiger partial charge in [-0.2, -0.15) is 0 Å². The standard InChI is InChI=1S/C31H43N5O6/c1-18-10-25(32-16-18)30(40)33-23(6-3-4-8-27(38)42-2)29(39)34-24-7-5-9-36(31(24)41)17-26(37)35-28-21-12-19-11-20(14-21)15-22(28)13-19/h4-5,7-9,18-23,25,28,32H,3,6,10-17H2,1-2H3,(H,33,40)(H,34,39)(H,35,37)/b8-4+/t18-,19?,20?,21?,22?,23-,25-,28?/m0/s1. The molecule has 0 spiro atoms. The minimum absolute atomic E-state index is 0.0295. The first-order valence-corrected chi connectivity index (χ1v) is 15.3. The third-order valence-corrected chi connectivity index (χ3v) is 9.52. The van der Waals surface area contributed by atoms with E-state index in [9.17, 15) is 24.0 Å². The zero-order chi connectivity index (χ0) is 29.8. The minimum atomic E-state index is -0.939. The van der Waals surface area contributed by atoms with Gasteiger partial charge in [0.15, 0.2) is 0 Å². The van der Waals surface area contributed by atoms with Crippen molar-refractivity contribution in [2.24, 2.45) is 29.6 Å². The van der Waals surface area contributed by atoms with Crippen LogP contribution in [0.4, 0.5) is 5.69 Å². The summed E-state index contributed by atoms with van der Waals surface area (Å²) in [7, 11) is 1.28. The first-order valence-electron chi connectivity index (χ1n) is 15.3. The van der Waals surface area contributed by atoms with Gasteiger partial charge in [-0.15, -0.1) is 0 Å². The molecule has 0 radical (unpaired) electrons. The van der Waals surface area contributed by atoms with Gasteiger partial charge in [0.05, 0.1) is 13.2 Å². The number of methoxy groups -OCH3 is 1. The van der Waals surface area contributed by atoms with Gasteiger partial charge in [0.1, 0.15) is 18.3 Å². The SMILES string of the molecule is COC(=O)/C=C/CC[C@H](NC(=O)[C@@H]1C[C@H](C)CN1)C(=O)Nc1cccn(CC(=O)NC2C3CC4CC(C3)CC2C4)c1=O. The van der Waals surface area contributed by atoms with E-state index >= 15 is 0 Å². The molecular formula is C31H43N5O6. The molecule has 1 saturated heterocycles. The third kappa shape index (κ3) is 7.11. The lowest BCUT2D eigenvalue weighted by Crippen LogP contribution is -2.56. The lowest BCUT2D eigenvalue weighted by Gasteiger charge is -2.54. The van der Waals surface area contributed by atoms with Crippen LogP contribution < -0.4 is 26.8 Å². The molecule has 5 fully saturated rings. The van der Waals surface area contributed by atoms with Crippen molar-refractivity contribution >= 4 is 29.4 Å². The van der Waals surface area contributed by atoms with Gasteiger partial charge >= 0.3 is 5.97 Å². The Kier molecular flexibility index (Phi) is 9.45. The zero-order valence-electron chi connectivity index (χ0n) is 24.5. The number of amides is 3. The van der Waals surface area contributed by atoms with Gasteiger partial charge in [-0.1, -0.05) is 13.0 Å². The van der Waals surface area contributed by atoms with Crippen molar-refractivity contribution in [2.45, 2.75) is 83.0 Å². The van der Waals surface area contributed by atoms with Gasteiger partial charge < -0.3 is 30.6 Å². The molecule has 228 valence electrons. The Labute approximate surface area is 246 Å². The number of hydrogen-bond donors (Lipinski definition) is 4. The van der Waals surface area contributed by atoms with Crippen LogP contribution in [0.1, 0.15) is 58.3 Å². The Morgan fingerprint density at radius 2 is 1.81 bits per heavy atom. The lowest BCUT2D eigenvalue weighted by molar-refractivity contribution is -0.135. The van der Waals surface area contributed by atoms with Crippen molar-refractivity contribution in [3.8, 4) is 0 Å². The van der Waals surface area contributed by atoms with Gasteiger partial charge in [-0.05, 0) is 99.6 Å². The molecule has 1 aliphatic heterocycles. The molecule has 4 saturated carbocycles. The van der Waals surface area contributed by atoms with E-state index < -0.39 is 29.5 Å². The predicted octanol–water partition coefficient (Wildman–Crippen LogP) is 1.72. The van der Waals surface area contributed by atoms with Gasteiger partial charge in [0, 0.05) is 18.3 Å². The smallest absolute Gasteiger partial charge is 0.330 e. The number of nitrogens with one attached hydrogen (secondary N) is 4. The molecule has 5 aliphatic rings. The summed E-state index contributed by atoms with van der Waals surface area (Å²) in [5.74, 6) is 1.48. The number of hydrogen-bond acceptors (Lipinski definition) is 7. The number of carbonyl (C=O) groups excluding carboxylic acids is 4. The second-order valence-electron chi connectivity index (χ2n) is 12.7. The van der Waals surface area contributed by atoms with Crippen LogP contribution in [0.3, 0.4) is 0 Å². The molecule has 0 unspecified atom stereocenters. The van der Waals surface area contributed by atoms with Gasteiger partial charge in [0.25, 0.3) is 5.56 Å². The van der Waals surface area contributed by atoms with Crippen LogP contribution in [0.5, 0.6) is 0 Å². The molecule has 3 atom stereocenters. The van der Waals surface area contributed by atoms with E-state index in [1.807, 2.05) is 6.92 Å². The summed E-state index contributed by atoms with van der Waals surface area (Å²) in [5, 5.41) is 11.9. The number of nitrogens with zero attached hydrogens (tertiary/aromatic N) is 1. The fourth-order valence-electron chi connectivity index (χ4n) is 7.69. The van der Waals surface area contributed by atoms with Crippen molar-refractivity contribution in [3.05, 3.63) is 40.8 Å². The Bertz CT molecular complexity index is 1250. The van der Waals surface area contributed by atoms with E-state index in [0.29, 0.717) is 30.6 Å². The van der Waals surface area contributed by atoms with Crippen molar-refractivity contribution in [1.29, 1.82) is 0 Å². The van der Waals surface area contributed by atoms with Crippen molar-refractivity contribution in [1.82, 2.24) is 20.5 Å². The Hall–Kier alpha value is -3.47. The summed E-state index contributed by atoms with van der Waals surface area (Å²) in [6, 6.07) is 1.94. The van der Waals surface area contributed by atoms with Crippen LogP contribution in [0.15, 0.2) is 35.3 Å². The molecule has 11 heteroatoms. The van der Waals surface area contributed by atoms with Crippen molar-refractivity contribution < 1.29 is 23.9 Å². The van der Waals surface area contributed by atoms with E-state index in [1.54, 1.807) is 12.1 Å². The number of ether oxygens (including phenoxy) is 1. The highest BCUT2D eigenvalue weighted by Crippen LogP contribution is 2.53. The molecule has 6 rings (SSSR count). The summed E-state index contributed by atoms with van der Waals surface area (Å²) in [5.41, 5.74) is -0.463. The number of carbonyl (C=O) groups is 4. The summed E-state index contributed by atoms with van der Waals surface area (Å²) >= 11 is 0. The molecular weight excluding hydrogens is 538 g/mol.